The zero-order chi connectivity index (χ0) is 69.6. The second-order valence-electron chi connectivity index (χ2n) is 28.7. The van der Waals surface area contributed by atoms with Gasteiger partial charge in [-0.3, -0.25) is 37.3 Å². The highest BCUT2D eigenvalue weighted by Gasteiger charge is 2.30. The van der Waals surface area contributed by atoms with E-state index in [0.717, 1.165) is 120 Å². The lowest BCUT2D eigenvalue weighted by Gasteiger charge is -2.21. The molecular formula is C75H146O17P2. The zero-order valence-electron chi connectivity index (χ0n) is 61.6. The molecule has 0 aliphatic carbocycles. The molecule has 3 N–H and O–H groups in total. The summed E-state index contributed by atoms with van der Waals surface area (Å²) in [6, 6.07) is 0. The van der Waals surface area contributed by atoms with E-state index in [1.165, 1.54) is 173 Å². The van der Waals surface area contributed by atoms with Crippen molar-refractivity contribution in [3.63, 3.8) is 0 Å². The van der Waals surface area contributed by atoms with Gasteiger partial charge in [-0.1, -0.05) is 325 Å². The Hall–Kier alpha value is -1.94. The van der Waals surface area contributed by atoms with Gasteiger partial charge in [0.05, 0.1) is 26.4 Å². The van der Waals surface area contributed by atoms with Crippen molar-refractivity contribution >= 4 is 39.5 Å². The van der Waals surface area contributed by atoms with E-state index in [-0.39, 0.29) is 25.7 Å². The average Bonchev–Trinajstić information content (AvgIpc) is 2.07. The van der Waals surface area contributed by atoms with Gasteiger partial charge in [-0.25, -0.2) is 9.13 Å². The summed E-state index contributed by atoms with van der Waals surface area (Å²) in [4.78, 5) is 72.7. The number of esters is 4. The minimum atomic E-state index is -4.96. The number of carbonyl (C=O) groups is 4. The largest absolute Gasteiger partial charge is 0.472 e. The van der Waals surface area contributed by atoms with Crippen molar-refractivity contribution < 1.29 is 80.2 Å². The molecule has 0 saturated carbocycles. The van der Waals surface area contributed by atoms with Crippen LogP contribution in [0.15, 0.2) is 0 Å². The van der Waals surface area contributed by atoms with Crippen LogP contribution in [0.2, 0.25) is 0 Å². The van der Waals surface area contributed by atoms with Crippen LogP contribution in [-0.2, 0) is 65.4 Å². The van der Waals surface area contributed by atoms with Crippen LogP contribution < -0.4 is 0 Å². The Bertz CT molecular complexity index is 1850. The van der Waals surface area contributed by atoms with E-state index >= 15 is 0 Å². The van der Waals surface area contributed by atoms with Crippen LogP contribution in [-0.4, -0.2) is 96.7 Å². The molecule has 0 fully saturated rings. The van der Waals surface area contributed by atoms with Gasteiger partial charge in [0, 0.05) is 25.7 Å². The van der Waals surface area contributed by atoms with Gasteiger partial charge in [0.15, 0.2) is 12.2 Å². The predicted octanol–water partition coefficient (Wildman–Crippen LogP) is 21.7. The molecule has 0 rings (SSSR count). The molecule has 558 valence electrons. The SMILES string of the molecule is CCC(C)CCCCCCCCC(=O)OC[C@H](COP(=O)(O)OC[C@H](O)COP(=O)(O)OC[C@@H](COC(=O)CCCCCCCCCCC(C)C)OC(=O)CCCCCCCCCCCCCCC(C)C)OC(=O)CCCCCCCCCCCCCCCCCC(C)C. The number of hydrogen-bond acceptors (Lipinski definition) is 15. The molecule has 0 radical (unpaired) electrons. The number of rotatable bonds is 72. The summed E-state index contributed by atoms with van der Waals surface area (Å²) in [6.07, 6.45) is 48.6. The summed E-state index contributed by atoms with van der Waals surface area (Å²) in [5.41, 5.74) is 0. The van der Waals surface area contributed by atoms with E-state index < -0.39 is 97.5 Å². The Morgan fingerprint density at radius 3 is 0.755 bits per heavy atom. The van der Waals surface area contributed by atoms with Crippen LogP contribution in [0.1, 0.15) is 376 Å². The summed E-state index contributed by atoms with van der Waals surface area (Å²) in [7, 11) is -9.91. The number of phosphoric ester groups is 2. The van der Waals surface area contributed by atoms with Gasteiger partial charge in [-0.05, 0) is 49.4 Å². The van der Waals surface area contributed by atoms with Crippen LogP contribution in [0.4, 0.5) is 0 Å². The van der Waals surface area contributed by atoms with Gasteiger partial charge in [0.2, 0.25) is 0 Å². The maximum absolute atomic E-state index is 13.1. The van der Waals surface area contributed by atoms with Crippen molar-refractivity contribution in [1.29, 1.82) is 0 Å². The van der Waals surface area contributed by atoms with E-state index in [9.17, 15) is 43.2 Å². The Kier molecular flexibility index (Phi) is 63.1. The number of aliphatic hydroxyl groups excluding tert-OH is 1. The van der Waals surface area contributed by atoms with Crippen molar-refractivity contribution in [2.24, 2.45) is 23.7 Å². The summed E-state index contributed by atoms with van der Waals surface area (Å²) in [6.45, 7) is 14.2. The topological polar surface area (TPSA) is 237 Å². The summed E-state index contributed by atoms with van der Waals surface area (Å²) in [5.74, 6) is 0.913. The van der Waals surface area contributed by atoms with Crippen LogP contribution in [0, 0.1) is 23.7 Å². The van der Waals surface area contributed by atoms with Crippen molar-refractivity contribution in [3.8, 4) is 0 Å². The molecule has 0 saturated heterocycles. The number of carbonyl (C=O) groups excluding carboxylic acids is 4. The lowest BCUT2D eigenvalue weighted by molar-refractivity contribution is -0.161. The molecule has 0 aromatic heterocycles. The Labute approximate surface area is 575 Å². The number of unbranched alkanes of at least 4 members (excludes halogenated alkanes) is 37. The number of aliphatic hydroxyl groups is 1. The fourth-order valence-corrected chi connectivity index (χ4v) is 12.9. The van der Waals surface area contributed by atoms with Crippen LogP contribution in [0.5, 0.6) is 0 Å². The third kappa shape index (κ3) is 67.3. The molecule has 0 heterocycles. The number of phosphoric acid groups is 2. The molecule has 0 bridgehead atoms. The molecule has 0 spiro atoms. The van der Waals surface area contributed by atoms with Crippen LogP contribution >= 0.6 is 15.6 Å². The van der Waals surface area contributed by atoms with Gasteiger partial charge >= 0.3 is 39.5 Å². The molecule has 0 aliphatic rings. The average molecular weight is 1380 g/mol. The first-order valence-corrected chi connectivity index (χ1v) is 41.7. The minimum Gasteiger partial charge on any atom is -0.462 e. The van der Waals surface area contributed by atoms with Gasteiger partial charge in [0.25, 0.3) is 0 Å². The van der Waals surface area contributed by atoms with Crippen molar-refractivity contribution in [2.75, 3.05) is 39.6 Å². The number of hydrogen-bond donors (Lipinski definition) is 3. The van der Waals surface area contributed by atoms with Crippen molar-refractivity contribution in [2.45, 2.75) is 395 Å². The summed E-state index contributed by atoms with van der Waals surface area (Å²) < 4.78 is 68.5. The third-order valence-electron chi connectivity index (χ3n) is 17.7. The molecule has 0 amide bonds. The zero-order valence-corrected chi connectivity index (χ0v) is 63.4. The Balaban J connectivity index is 5.23. The highest BCUT2D eigenvalue weighted by molar-refractivity contribution is 7.47. The van der Waals surface area contributed by atoms with E-state index in [4.69, 9.17) is 37.0 Å². The van der Waals surface area contributed by atoms with Crippen molar-refractivity contribution in [1.82, 2.24) is 0 Å². The van der Waals surface area contributed by atoms with Gasteiger partial charge in [-0.2, -0.15) is 0 Å². The maximum Gasteiger partial charge on any atom is 0.472 e. The van der Waals surface area contributed by atoms with E-state index in [2.05, 4.69) is 55.4 Å². The second-order valence-corrected chi connectivity index (χ2v) is 31.6. The summed E-state index contributed by atoms with van der Waals surface area (Å²) >= 11 is 0. The molecule has 0 aromatic rings. The molecule has 19 heteroatoms. The lowest BCUT2D eigenvalue weighted by atomic mass is 10.00. The van der Waals surface area contributed by atoms with Gasteiger partial charge in [0.1, 0.15) is 19.3 Å². The lowest BCUT2D eigenvalue weighted by Crippen LogP contribution is -2.30. The molecule has 3 unspecified atom stereocenters. The quantitative estimate of drug-likeness (QED) is 0.0222. The smallest absolute Gasteiger partial charge is 0.462 e. The van der Waals surface area contributed by atoms with Crippen LogP contribution in [0.25, 0.3) is 0 Å². The summed E-state index contributed by atoms with van der Waals surface area (Å²) in [5, 5.41) is 10.6. The monoisotopic (exact) mass is 1380 g/mol. The van der Waals surface area contributed by atoms with Crippen molar-refractivity contribution in [3.05, 3.63) is 0 Å². The standard InChI is InChI=1S/C75H146O17P2/c1-9-68(8)54-46-38-33-34-40-48-56-73(78)86-62-71(92-75(80)57-49-41-31-23-19-14-12-10-11-13-17-21-27-35-43-51-65(2)3)64-90-94(83,84)88-60-69(76)59-87-93(81,82)89-63-70(61-85-72(77)55-47-39-30-26-25-29-37-45-53-67(6)7)91-74(79)58-50-42-32-24-20-16-15-18-22-28-36-44-52-66(4)5/h65-71,76H,9-64H2,1-8H3,(H,81,82)(H,83,84)/t68?,69-,70-,71-/m1/s1. The first kappa shape index (κ1) is 92.1. The molecule has 17 nitrogen and oxygen atoms in total. The Morgan fingerprint density at radius 1 is 0.298 bits per heavy atom. The molecular weight excluding hydrogens is 1230 g/mol. The fourth-order valence-electron chi connectivity index (χ4n) is 11.3. The van der Waals surface area contributed by atoms with Gasteiger partial charge in [-0.15, -0.1) is 0 Å². The van der Waals surface area contributed by atoms with E-state index in [0.29, 0.717) is 25.7 Å². The fraction of sp³-hybridized carbons (Fsp3) is 0.947. The minimum absolute atomic E-state index is 0.106. The highest BCUT2D eigenvalue weighted by Crippen LogP contribution is 2.45. The van der Waals surface area contributed by atoms with Gasteiger partial charge < -0.3 is 33.8 Å². The highest BCUT2D eigenvalue weighted by atomic mass is 31.2. The number of ether oxygens (including phenoxy) is 4. The molecule has 94 heavy (non-hydrogen) atoms. The van der Waals surface area contributed by atoms with Crippen LogP contribution in [0.3, 0.4) is 0 Å². The molecule has 6 atom stereocenters. The maximum atomic E-state index is 13.1. The molecule has 0 aromatic carbocycles. The normalized spacial score (nSPS) is 14.4. The van der Waals surface area contributed by atoms with E-state index in [1.54, 1.807) is 0 Å². The third-order valence-corrected chi connectivity index (χ3v) is 19.6. The predicted molar refractivity (Wildman–Crippen MR) is 381 cm³/mol. The van der Waals surface area contributed by atoms with E-state index in [1.807, 2.05) is 0 Å². The first-order chi connectivity index (χ1) is 45.1. The molecule has 0 aliphatic heterocycles. The Morgan fingerprint density at radius 2 is 0.511 bits per heavy atom. The first-order valence-electron chi connectivity index (χ1n) is 38.7. The second kappa shape index (κ2) is 64.4.